The fourth-order valence-electron chi connectivity index (χ4n) is 2.38. The highest BCUT2D eigenvalue weighted by molar-refractivity contribution is 7.09. The zero-order valence-corrected chi connectivity index (χ0v) is 12.5. The standard InChI is InChI=1S/C15H16N2O3S/c1-9-7-11(10-3-2-4-10)20-15(19)13(9)14(18)17-8-12-16-5-6-21-12/h5-7,10H,2-4,8H2,1H3,(H,17,18). The van der Waals surface area contributed by atoms with Crippen molar-refractivity contribution in [1.29, 1.82) is 0 Å². The molecule has 5 nitrogen and oxygen atoms in total. The van der Waals surface area contributed by atoms with Gasteiger partial charge in [0.15, 0.2) is 0 Å². The average molecular weight is 304 g/mol. The maximum atomic E-state index is 12.2. The summed E-state index contributed by atoms with van der Waals surface area (Å²) in [5.41, 5.74) is 0.216. The van der Waals surface area contributed by atoms with Crippen LogP contribution in [0.1, 0.15) is 51.9 Å². The number of hydrogen-bond donors (Lipinski definition) is 1. The highest BCUT2D eigenvalue weighted by atomic mass is 32.1. The Hall–Kier alpha value is -1.95. The molecule has 0 spiro atoms. The monoisotopic (exact) mass is 304 g/mol. The molecule has 0 aromatic carbocycles. The lowest BCUT2D eigenvalue weighted by Crippen LogP contribution is -2.29. The van der Waals surface area contributed by atoms with Crippen LogP contribution in [0.2, 0.25) is 0 Å². The van der Waals surface area contributed by atoms with Gasteiger partial charge < -0.3 is 9.73 Å². The van der Waals surface area contributed by atoms with Gasteiger partial charge in [0.05, 0.1) is 6.54 Å². The Kier molecular flexibility index (Phi) is 3.88. The van der Waals surface area contributed by atoms with E-state index >= 15 is 0 Å². The second-order valence-electron chi connectivity index (χ2n) is 5.23. The van der Waals surface area contributed by atoms with Crippen LogP contribution in [-0.2, 0) is 6.54 Å². The molecule has 2 heterocycles. The number of amides is 1. The van der Waals surface area contributed by atoms with Crippen LogP contribution in [0.15, 0.2) is 26.9 Å². The van der Waals surface area contributed by atoms with Crippen LogP contribution in [0.25, 0.3) is 0 Å². The van der Waals surface area contributed by atoms with Gasteiger partial charge in [0.1, 0.15) is 16.3 Å². The van der Waals surface area contributed by atoms with Gasteiger partial charge in [-0.3, -0.25) is 4.79 Å². The molecule has 6 heteroatoms. The highest BCUT2D eigenvalue weighted by Gasteiger charge is 2.25. The summed E-state index contributed by atoms with van der Waals surface area (Å²) in [4.78, 5) is 28.3. The van der Waals surface area contributed by atoms with Gasteiger partial charge in [0.2, 0.25) is 0 Å². The van der Waals surface area contributed by atoms with Crippen LogP contribution in [0.5, 0.6) is 0 Å². The maximum absolute atomic E-state index is 12.2. The molecule has 0 unspecified atom stereocenters. The van der Waals surface area contributed by atoms with Crippen molar-refractivity contribution in [2.45, 2.75) is 38.6 Å². The van der Waals surface area contributed by atoms with Crippen molar-refractivity contribution in [3.05, 3.63) is 50.0 Å². The molecule has 3 rings (SSSR count). The van der Waals surface area contributed by atoms with Gasteiger partial charge >= 0.3 is 5.63 Å². The van der Waals surface area contributed by atoms with E-state index in [9.17, 15) is 9.59 Å². The number of thiazole rings is 1. The van der Waals surface area contributed by atoms with Crippen LogP contribution < -0.4 is 10.9 Å². The number of hydrogen-bond acceptors (Lipinski definition) is 5. The van der Waals surface area contributed by atoms with Gasteiger partial charge in [-0.25, -0.2) is 9.78 Å². The Morgan fingerprint density at radius 2 is 2.33 bits per heavy atom. The number of aryl methyl sites for hydroxylation is 1. The summed E-state index contributed by atoms with van der Waals surface area (Å²) >= 11 is 1.46. The smallest absolute Gasteiger partial charge is 0.349 e. The van der Waals surface area contributed by atoms with E-state index in [1.165, 1.54) is 17.8 Å². The third-order valence-electron chi connectivity index (χ3n) is 3.79. The first-order chi connectivity index (χ1) is 10.1. The van der Waals surface area contributed by atoms with Crippen molar-refractivity contribution in [3.8, 4) is 0 Å². The Labute approximate surface area is 126 Å². The largest absolute Gasteiger partial charge is 0.427 e. The molecule has 1 amide bonds. The molecule has 2 aromatic rings. The number of rotatable bonds is 4. The molecule has 1 N–H and O–H groups in total. The molecule has 0 atom stereocenters. The van der Waals surface area contributed by atoms with E-state index in [4.69, 9.17) is 4.42 Å². The Morgan fingerprint density at radius 3 is 2.90 bits per heavy atom. The molecule has 0 bridgehead atoms. The summed E-state index contributed by atoms with van der Waals surface area (Å²) < 4.78 is 5.32. The lowest BCUT2D eigenvalue weighted by atomic mass is 9.83. The van der Waals surface area contributed by atoms with E-state index in [1.807, 2.05) is 11.4 Å². The molecular formula is C15H16N2O3S. The Bertz CT molecular complexity index is 702. The number of nitrogens with one attached hydrogen (secondary N) is 1. The van der Waals surface area contributed by atoms with Crippen molar-refractivity contribution >= 4 is 17.2 Å². The Morgan fingerprint density at radius 1 is 1.52 bits per heavy atom. The van der Waals surface area contributed by atoms with Crippen LogP contribution >= 0.6 is 11.3 Å². The number of carbonyl (C=O) groups is 1. The number of nitrogens with zero attached hydrogens (tertiary/aromatic N) is 1. The maximum Gasteiger partial charge on any atom is 0.349 e. The van der Waals surface area contributed by atoms with E-state index in [-0.39, 0.29) is 5.56 Å². The molecule has 1 aliphatic rings. The van der Waals surface area contributed by atoms with Crippen LogP contribution in [0.4, 0.5) is 0 Å². The van der Waals surface area contributed by atoms with Gasteiger partial charge in [-0.15, -0.1) is 11.3 Å². The van der Waals surface area contributed by atoms with E-state index in [0.717, 1.165) is 17.8 Å². The van der Waals surface area contributed by atoms with Crippen molar-refractivity contribution in [1.82, 2.24) is 10.3 Å². The van der Waals surface area contributed by atoms with Gasteiger partial charge in [-0.05, 0) is 31.4 Å². The minimum atomic E-state index is -0.548. The minimum Gasteiger partial charge on any atom is -0.427 e. The van der Waals surface area contributed by atoms with Gasteiger partial charge in [0, 0.05) is 17.5 Å². The van der Waals surface area contributed by atoms with Crippen molar-refractivity contribution < 1.29 is 9.21 Å². The molecule has 1 aliphatic carbocycles. The highest BCUT2D eigenvalue weighted by Crippen LogP contribution is 2.36. The summed E-state index contributed by atoms with van der Waals surface area (Å²) in [6, 6.07) is 1.82. The number of aromatic nitrogens is 1. The topological polar surface area (TPSA) is 72.2 Å². The fraction of sp³-hybridized carbons (Fsp3) is 0.400. The molecule has 1 saturated carbocycles. The van der Waals surface area contributed by atoms with Crippen LogP contribution in [-0.4, -0.2) is 10.9 Å². The molecule has 2 aromatic heterocycles. The quantitative estimate of drug-likeness (QED) is 0.942. The summed E-state index contributed by atoms with van der Waals surface area (Å²) in [5.74, 6) is 0.640. The van der Waals surface area contributed by atoms with E-state index < -0.39 is 11.5 Å². The third-order valence-corrected chi connectivity index (χ3v) is 4.57. The molecule has 0 radical (unpaired) electrons. The molecule has 0 aliphatic heterocycles. The normalized spacial score (nSPS) is 14.7. The predicted molar refractivity (Wildman–Crippen MR) is 79.6 cm³/mol. The predicted octanol–water partition coefficient (Wildman–Crippen LogP) is 2.60. The summed E-state index contributed by atoms with van der Waals surface area (Å²) in [6.45, 7) is 2.09. The number of carbonyl (C=O) groups excluding carboxylic acids is 1. The van der Waals surface area contributed by atoms with Crippen LogP contribution in [0, 0.1) is 6.92 Å². The lowest BCUT2D eigenvalue weighted by molar-refractivity contribution is 0.0945. The molecule has 110 valence electrons. The molecule has 0 saturated heterocycles. The molecular weight excluding hydrogens is 288 g/mol. The molecule has 1 fully saturated rings. The summed E-state index contributed by atoms with van der Waals surface area (Å²) in [7, 11) is 0. The average Bonchev–Trinajstić information content (AvgIpc) is 2.86. The van der Waals surface area contributed by atoms with Crippen LogP contribution in [0.3, 0.4) is 0 Å². The Balaban J connectivity index is 1.77. The van der Waals surface area contributed by atoms with Gasteiger partial charge in [-0.2, -0.15) is 0 Å². The van der Waals surface area contributed by atoms with E-state index in [0.29, 0.717) is 23.8 Å². The molecule has 21 heavy (non-hydrogen) atoms. The fourth-order valence-corrected chi connectivity index (χ4v) is 2.94. The second kappa shape index (κ2) is 5.81. The van der Waals surface area contributed by atoms with Gasteiger partial charge in [-0.1, -0.05) is 6.42 Å². The second-order valence-corrected chi connectivity index (χ2v) is 6.21. The third kappa shape index (κ3) is 2.90. The first-order valence-corrected chi connectivity index (χ1v) is 7.84. The van der Waals surface area contributed by atoms with Crippen molar-refractivity contribution in [2.75, 3.05) is 0 Å². The van der Waals surface area contributed by atoms with Crippen molar-refractivity contribution in [3.63, 3.8) is 0 Å². The van der Waals surface area contributed by atoms with Gasteiger partial charge in [0.25, 0.3) is 5.91 Å². The lowest BCUT2D eigenvalue weighted by Gasteiger charge is -2.24. The first kappa shape index (κ1) is 14.0. The zero-order valence-electron chi connectivity index (χ0n) is 11.7. The first-order valence-electron chi connectivity index (χ1n) is 6.96. The summed E-state index contributed by atoms with van der Waals surface area (Å²) in [6.07, 6.45) is 4.96. The van der Waals surface area contributed by atoms with Crippen molar-refractivity contribution in [2.24, 2.45) is 0 Å². The van der Waals surface area contributed by atoms with E-state index in [1.54, 1.807) is 13.1 Å². The summed E-state index contributed by atoms with van der Waals surface area (Å²) in [5, 5.41) is 5.35. The minimum absolute atomic E-state index is 0.0922. The zero-order chi connectivity index (χ0) is 14.8. The SMILES string of the molecule is Cc1cc(C2CCC2)oc(=O)c1C(=O)NCc1nccs1. The van der Waals surface area contributed by atoms with E-state index in [2.05, 4.69) is 10.3 Å².